The molecule has 2 nitrogen and oxygen atoms in total. The topological polar surface area (TPSA) is 32.6 Å². The summed E-state index contributed by atoms with van der Waals surface area (Å²) in [6.07, 6.45) is 0.832. The highest BCUT2D eigenvalue weighted by Gasteiger charge is 1.99. The fourth-order valence-corrected chi connectivity index (χ4v) is 0.676. The lowest BCUT2D eigenvalue weighted by atomic mass is 10.2. The number of benzene rings is 1. The van der Waals surface area contributed by atoms with Crippen LogP contribution in [0.15, 0.2) is 23.4 Å². The zero-order chi connectivity index (χ0) is 8.27. The minimum atomic E-state index is -0.621. The van der Waals surface area contributed by atoms with Gasteiger partial charge in [-0.2, -0.15) is 0 Å². The third-order valence-corrected chi connectivity index (χ3v) is 1.15. The van der Waals surface area contributed by atoms with E-state index in [4.69, 9.17) is 5.21 Å². The summed E-state index contributed by atoms with van der Waals surface area (Å²) in [4.78, 5) is 0. The zero-order valence-corrected chi connectivity index (χ0v) is 6.68. The second-order valence-corrected chi connectivity index (χ2v) is 1.91. The second kappa shape index (κ2) is 4.66. The van der Waals surface area contributed by atoms with Crippen molar-refractivity contribution >= 4 is 18.6 Å². The molecule has 1 rings (SSSR count). The Labute approximate surface area is 73.9 Å². The van der Waals surface area contributed by atoms with E-state index in [1.54, 1.807) is 0 Å². The van der Waals surface area contributed by atoms with Gasteiger partial charge in [0.1, 0.15) is 11.6 Å². The summed E-state index contributed by atoms with van der Waals surface area (Å²) in [5.74, 6) is -1.19. The minimum Gasteiger partial charge on any atom is -0.411 e. The molecule has 0 aliphatic carbocycles. The molecule has 0 amide bonds. The van der Waals surface area contributed by atoms with Gasteiger partial charge in [0.2, 0.25) is 0 Å². The van der Waals surface area contributed by atoms with Gasteiger partial charge in [0.05, 0.1) is 6.21 Å². The Morgan fingerprint density at radius 1 is 1.33 bits per heavy atom. The normalized spacial score (nSPS) is 9.83. The molecule has 0 saturated carbocycles. The Morgan fingerprint density at radius 3 is 2.58 bits per heavy atom. The number of halogens is 3. The summed E-state index contributed by atoms with van der Waals surface area (Å²) in [5.41, 5.74) is -0.0764. The molecule has 0 aliphatic rings. The highest BCUT2D eigenvalue weighted by Crippen LogP contribution is 2.06. The van der Waals surface area contributed by atoms with Crippen molar-refractivity contribution in [1.29, 1.82) is 0 Å². The maximum Gasteiger partial charge on any atom is 0.132 e. The number of oxime groups is 1. The number of hydrogen-bond donors (Lipinski definition) is 1. The van der Waals surface area contributed by atoms with Gasteiger partial charge in [-0.3, -0.25) is 0 Å². The summed E-state index contributed by atoms with van der Waals surface area (Å²) in [7, 11) is 0. The number of rotatable bonds is 1. The lowest BCUT2D eigenvalue weighted by Gasteiger charge is -1.93. The van der Waals surface area contributed by atoms with Crippen LogP contribution in [-0.4, -0.2) is 11.4 Å². The van der Waals surface area contributed by atoms with Gasteiger partial charge in [0, 0.05) is 5.56 Å². The van der Waals surface area contributed by atoms with Crippen LogP contribution < -0.4 is 0 Å². The molecule has 0 spiro atoms. The van der Waals surface area contributed by atoms with Gasteiger partial charge < -0.3 is 5.21 Å². The number of hydrogen-bond acceptors (Lipinski definition) is 2. The van der Waals surface area contributed by atoms with Gasteiger partial charge in [0.15, 0.2) is 0 Å². The molecule has 0 heterocycles. The Hall–Kier alpha value is -1.16. The summed E-state index contributed by atoms with van der Waals surface area (Å²) in [6, 6.07) is 2.89. The maximum absolute atomic E-state index is 12.6. The molecule has 1 N–H and O–H groups in total. The van der Waals surface area contributed by atoms with E-state index in [2.05, 4.69) is 5.16 Å². The minimum absolute atomic E-state index is 0. The van der Waals surface area contributed by atoms with E-state index in [-0.39, 0.29) is 18.0 Å². The zero-order valence-electron chi connectivity index (χ0n) is 5.87. The molecule has 0 fully saturated rings. The van der Waals surface area contributed by atoms with E-state index in [1.165, 1.54) is 0 Å². The van der Waals surface area contributed by atoms with Crippen LogP contribution in [0.2, 0.25) is 0 Å². The smallest absolute Gasteiger partial charge is 0.132 e. The van der Waals surface area contributed by atoms with Crippen molar-refractivity contribution in [1.82, 2.24) is 0 Å². The van der Waals surface area contributed by atoms with Crippen molar-refractivity contribution in [2.75, 3.05) is 0 Å². The van der Waals surface area contributed by atoms with Crippen molar-refractivity contribution in [3.05, 3.63) is 35.4 Å². The molecule has 0 aromatic heterocycles. The van der Waals surface area contributed by atoms with E-state index in [0.29, 0.717) is 0 Å². The lowest BCUT2D eigenvalue weighted by Crippen LogP contribution is -1.88. The lowest BCUT2D eigenvalue weighted by molar-refractivity contribution is 0.321. The molecule has 1 aromatic rings. The van der Waals surface area contributed by atoms with Crippen LogP contribution in [0.3, 0.4) is 0 Å². The largest absolute Gasteiger partial charge is 0.411 e. The van der Waals surface area contributed by atoms with E-state index < -0.39 is 11.6 Å². The molecular formula is C7H6ClF2NO. The molecule has 5 heteroatoms. The highest BCUT2D eigenvalue weighted by atomic mass is 35.5. The van der Waals surface area contributed by atoms with Gasteiger partial charge in [0.25, 0.3) is 0 Å². The first-order valence-corrected chi connectivity index (χ1v) is 2.86. The molecule has 0 bridgehead atoms. The van der Waals surface area contributed by atoms with E-state index in [9.17, 15) is 8.78 Å². The van der Waals surface area contributed by atoms with Crippen LogP contribution >= 0.6 is 12.4 Å². The Bertz CT molecular complexity index is 291. The fraction of sp³-hybridized carbons (Fsp3) is 0. The van der Waals surface area contributed by atoms with Gasteiger partial charge in [-0.25, -0.2) is 8.78 Å². The predicted octanol–water partition coefficient (Wildman–Crippen LogP) is 2.19. The average molecular weight is 194 g/mol. The first-order valence-electron chi connectivity index (χ1n) is 2.86. The monoisotopic (exact) mass is 193 g/mol. The van der Waals surface area contributed by atoms with Crippen LogP contribution in [0, 0.1) is 11.6 Å². The summed E-state index contributed by atoms with van der Waals surface area (Å²) < 4.78 is 24.9. The molecule has 0 saturated heterocycles. The Morgan fingerprint density at radius 2 is 2.00 bits per heavy atom. The van der Waals surface area contributed by atoms with Crippen molar-refractivity contribution in [3.8, 4) is 0 Å². The molecule has 1 aromatic carbocycles. The third-order valence-electron chi connectivity index (χ3n) is 1.15. The quantitative estimate of drug-likeness (QED) is 0.414. The molecule has 0 radical (unpaired) electrons. The Balaban J connectivity index is 0.00000121. The fourth-order valence-electron chi connectivity index (χ4n) is 0.676. The Kier molecular flexibility index (Phi) is 4.21. The van der Waals surface area contributed by atoms with Crippen molar-refractivity contribution in [2.45, 2.75) is 0 Å². The summed E-state index contributed by atoms with van der Waals surface area (Å²) in [6.45, 7) is 0. The first-order chi connectivity index (χ1) is 5.24. The maximum atomic E-state index is 12.6. The number of nitrogens with zero attached hydrogens (tertiary/aromatic N) is 1. The van der Waals surface area contributed by atoms with Crippen molar-refractivity contribution in [3.63, 3.8) is 0 Å². The van der Waals surface area contributed by atoms with Crippen molar-refractivity contribution in [2.24, 2.45) is 5.16 Å². The van der Waals surface area contributed by atoms with Crippen LogP contribution in [0.1, 0.15) is 5.56 Å². The standard InChI is InChI=1S/C7H5F2NO.ClH/c8-6-1-2-7(9)5(3-6)4-10-11;/h1-4,11H;1H. The molecule has 66 valence electrons. The summed E-state index contributed by atoms with van der Waals surface area (Å²) >= 11 is 0. The van der Waals surface area contributed by atoms with Gasteiger partial charge in [-0.1, -0.05) is 5.16 Å². The molecule has 0 aliphatic heterocycles. The molecule has 12 heavy (non-hydrogen) atoms. The van der Waals surface area contributed by atoms with Crippen LogP contribution in [0.25, 0.3) is 0 Å². The molecule has 0 atom stereocenters. The van der Waals surface area contributed by atoms with E-state index in [0.717, 1.165) is 24.4 Å². The van der Waals surface area contributed by atoms with E-state index >= 15 is 0 Å². The van der Waals surface area contributed by atoms with Crippen molar-refractivity contribution < 1.29 is 14.0 Å². The average Bonchev–Trinajstić information content (AvgIpc) is 1.98. The van der Waals surface area contributed by atoms with Gasteiger partial charge >= 0.3 is 0 Å². The van der Waals surface area contributed by atoms with Crippen LogP contribution in [0.5, 0.6) is 0 Å². The van der Waals surface area contributed by atoms with Gasteiger partial charge in [-0.05, 0) is 18.2 Å². The molecule has 0 unspecified atom stereocenters. The first kappa shape index (κ1) is 10.8. The second-order valence-electron chi connectivity index (χ2n) is 1.91. The van der Waals surface area contributed by atoms with Gasteiger partial charge in [-0.15, -0.1) is 12.4 Å². The summed E-state index contributed by atoms with van der Waals surface area (Å²) in [5, 5.41) is 10.6. The highest BCUT2D eigenvalue weighted by molar-refractivity contribution is 5.85. The SMILES string of the molecule is Cl.ON=Cc1cc(F)ccc1F. The van der Waals surface area contributed by atoms with Crippen LogP contribution in [-0.2, 0) is 0 Å². The third kappa shape index (κ3) is 2.47. The molecular weight excluding hydrogens is 188 g/mol. The van der Waals surface area contributed by atoms with E-state index in [1.807, 2.05) is 0 Å². The predicted molar refractivity (Wildman–Crippen MR) is 43.0 cm³/mol. The van der Waals surface area contributed by atoms with Crippen LogP contribution in [0.4, 0.5) is 8.78 Å².